The van der Waals surface area contributed by atoms with E-state index < -0.39 is 0 Å². The molecule has 0 spiro atoms. The van der Waals surface area contributed by atoms with Gasteiger partial charge >= 0.3 is 0 Å². The number of hydrogen-bond acceptors (Lipinski definition) is 6. The first-order valence-electron chi connectivity index (χ1n) is 7.82. The van der Waals surface area contributed by atoms with E-state index in [4.69, 9.17) is 0 Å². The third-order valence-electron chi connectivity index (χ3n) is 3.83. The minimum Gasteiger partial charge on any atom is -0.286 e. The van der Waals surface area contributed by atoms with Crippen molar-refractivity contribution in [2.45, 2.75) is 44.8 Å². The summed E-state index contributed by atoms with van der Waals surface area (Å²) in [6.07, 6.45) is 3.28. The summed E-state index contributed by atoms with van der Waals surface area (Å²) in [5.74, 6) is 2.01. The fourth-order valence-corrected chi connectivity index (χ4v) is 3.54. The van der Waals surface area contributed by atoms with Crippen LogP contribution < -0.4 is 5.56 Å². The molecule has 0 aromatic carbocycles. The van der Waals surface area contributed by atoms with Gasteiger partial charge in [-0.25, -0.2) is 15.0 Å². The first-order chi connectivity index (χ1) is 11.3. The molecule has 0 saturated carbocycles. The number of hydrogen-bond donors (Lipinski definition) is 0. The topological polar surface area (TPSA) is 84.5 Å². The SMILES string of the molecule is C[C@@H]1CSc2nc(-c3cnc(C(C)(C)C)nc3)c(C#N)c(=O)n2C1.S. The molecule has 1 aliphatic heterocycles. The van der Waals surface area contributed by atoms with Crippen LogP contribution in [-0.2, 0) is 12.0 Å². The number of aromatic nitrogens is 4. The first-order valence-corrected chi connectivity index (χ1v) is 8.80. The molecule has 0 aliphatic carbocycles. The Kier molecular flexibility index (Phi) is 5.59. The van der Waals surface area contributed by atoms with Crippen molar-refractivity contribution in [2.75, 3.05) is 5.75 Å². The van der Waals surface area contributed by atoms with Gasteiger partial charge in [-0.2, -0.15) is 18.8 Å². The molecular formula is C17H21N5OS2. The maximum atomic E-state index is 12.7. The molecule has 25 heavy (non-hydrogen) atoms. The highest BCUT2D eigenvalue weighted by Gasteiger charge is 2.24. The molecule has 0 bridgehead atoms. The van der Waals surface area contributed by atoms with Crippen molar-refractivity contribution in [3.63, 3.8) is 0 Å². The fourth-order valence-electron chi connectivity index (χ4n) is 2.53. The lowest BCUT2D eigenvalue weighted by molar-refractivity contribution is 0.460. The summed E-state index contributed by atoms with van der Waals surface area (Å²) in [6, 6.07) is 2.01. The monoisotopic (exact) mass is 375 g/mol. The summed E-state index contributed by atoms with van der Waals surface area (Å²) in [7, 11) is 0. The van der Waals surface area contributed by atoms with Crippen molar-refractivity contribution in [2.24, 2.45) is 5.92 Å². The van der Waals surface area contributed by atoms with Gasteiger partial charge < -0.3 is 0 Å². The van der Waals surface area contributed by atoms with Gasteiger partial charge in [-0.3, -0.25) is 9.36 Å². The molecule has 1 aliphatic rings. The molecule has 0 amide bonds. The second-order valence-electron chi connectivity index (χ2n) is 7.11. The summed E-state index contributed by atoms with van der Waals surface area (Å²) in [6.45, 7) is 8.78. The van der Waals surface area contributed by atoms with E-state index in [0.29, 0.717) is 34.7 Å². The Hall–Kier alpha value is -1.85. The lowest BCUT2D eigenvalue weighted by Crippen LogP contribution is -2.32. The standard InChI is InChI=1S/C17H19N5OS.H2S/c1-10-8-22-14(23)12(5-18)13(21-16(22)24-9-10)11-6-19-15(20-7-11)17(2,3)4;/h6-7,10H,8-9H2,1-4H3;1H2/t10-;/m0./s1. The Bertz CT molecular complexity index is 878. The molecule has 0 radical (unpaired) electrons. The van der Waals surface area contributed by atoms with Gasteiger partial charge in [0.25, 0.3) is 5.56 Å². The molecule has 6 nitrogen and oxygen atoms in total. The van der Waals surface area contributed by atoms with Gasteiger partial charge in [-0.1, -0.05) is 39.5 Å². The molecule has 1 atom stereocenters. The van der Waals surface area contributed by atoms with Crippen molar-refractivity contribution >= 4 is 25.3 Å². The highest BCUT2D eigenvalue weighted by atomic mass is 32.2. The molecule has 0 saturated heterocycles. The summed E-state index contributed by atoms with van der Waals surface area (Å²) in [5, 5.41) is 10.1. The number of fused-ring (bicyclic) bond motifs is 1. The lowest BCUT2D eigenvalue weighted by Gasteiger charge is -2.23. The summed E-state index contributed by atoms with van der Waals surface area (Å²) >= 11 is 1.55. The summed E-state index contributed by atoms with van der Waals surface area (Å²) in [5.41, 5.74) is 0.582. The second kappa shape index (κ2) is 7.18. The van der Waals surface area contributed by atoms with E-state index in [1.54, 1.807) is 28.7 Å². The number of thioether (sulfide) groups is 1. The van der Waals surface area contributed by atoms with Gasteiger partial charge in [0.1, 0.15) is 17.5 Å². The number of nitriles is 1. The second-order valence-corrected chi connectivity index (χ2v) is 8.09. The van der Waals surface area contributed by atoms with E-state index in [9.17, 15) is 10.1 Å². The molecule has 3 heterocycles. The van der Waals surface area contributed by atoms with Crippen molar-refractivity contribution in [3.8, 4) is 17.3 Å². The third kappa shape index (κ3) is 3.72. The zero-order valence-electron chi connectivity index (χ0n) is 14.7. The molecule has 2 aromatic heterocycles. The quantitative estimate of drug-likeness (QED) is 0.713. The zero-order chi connectivity index (χ0) is 17.5. The number of nitrogens with zero attached hydrogens (tertiary/aromatic N) is 5. The average Bonchev–Trinajstić information content (AvgIpc) is 2.54. The Morgan fingerprint density at radius 1 is 1.32 bits per heavy atom. The van der Waals surface area contributed by atoms with E-state index in [2.05, 4.69) is 21.9 Å². The van der Waals surface area contributed by atoms with Crippen LogP contribution in [0.3, 0.4) is 0 Å². The maximum absolute atomic E-state index is 12.7. The molecular weight excluding hydrogens is 354 g/mol. The van der Waals surface area contributed by atoms with Crippen molar-refractivity contribution in [3.05, 3.63) is 34.1 Å². The van der Waals surface area contributed by atoms with Crippen LogP contribution in [0.2, 0.25) is 0 Å². The molecule has 0 N–H and O–H groups in total. The normalized spacial score (nSPS) is 16.5. The predicted octanol–water partition coefficient (Wildman–Crippen LogP) is 2.72. The summed E-state index contributed by atoms with van der Waals surface area (Å²) in [4.78, 5) is 26.0. The zero-order valence-corrected chi connectivity index (χ0v) is 16.5. The Morgan fingerprint density at radius 3 is 2.52 bits per heavy atom. The largest absolute Gasteiger partial charge is 0.286 e. The van der Waals surface area contributed by atoms with Gasteiger partial charge in [-0.05, 0) is 5.92 Å². The van der Waals surface area contributed by atoms with Gasteiger partial charge in [0.05, 0.1) is 5.69 Å². The van der Waals surface area contributed by atoms with E-state index in [0.717, 1.165) is 5.75 Å². The molecule has 8 heteroatoms. The van der Waals surface area contributed by atoms with Crippen LogP contribution in [0.15, 0.2) is 22.3 Å². The van der Waals surface area contributed by atoms with Crippen LogP contribution in [0.1, 0.15) is 39.1 Å². The van der Waals surface area contributed by atoms with Gasteiger partial charge in [0.2, 0.25) is 0 Å². The Labute approximate surface area is 158 Å². The van der Waals surface area contributed by atoms with Gasteiger partial charge in [0.15, 0.2) is 5.16 Å². The van der Waals surface area contributed by atoms with Crippen molar-refractivity contribution in [1.29, 1.82) is 5.26 Å². The van der Waals surface area contributed by atoms with Crippen LogP contribution in [0.4, 0.5) is 0 Å². The molecule has 0 fully saturated rings. The minimum absolute atomic E-state index is 0. The van der Waals surface area contributed by atoms with Gasteiger partial charge in [0, 0.05) is 35.7 Å². The Morgan fingerprint density at radius 2 is 1.96 bits per heavy atom. The van der Waals surface area contributed by atoms with Crippen LogP contribution in [0.5, 0.6) is 0 Å². The number of rotatable bonds is 1. The maximum Gasteiger partial charge on any atom is 0.272 e. The van der Waals surface area contributed by atoms with E-state index in [-0.39, 0.29) is 30.0 Å². The first kappa shape index (κ1) is 19.5. The molecule has 132 valence electrons. The average molecular weight is 376 g/mol. The minimum atomic E-state index is -0.281. The van der Waals surface area contributed by atoms with Crippen LogP contribution >= 0.6 is 25.3 Å². The smallest absolute Gasteiger partial charge is 0.272 e. The van der Waals surface area contributed by atoms with Crippen molar-refractivity contribution < 1.29 is 0 Å². The summed E-state index contributed by atoms with van der Waals surface area (Å²) < 4.78 is 1.60. The van der Waals surface area contributed by atoms with Crippen LogP contribution in [0, 0.1) is 17.2 Å². The highest BCUT2D eigenvalue weighted by molar-refractivity contribution is 7.99. The Balaban J connectivity index is 0.00000225. The van der Waals surface area contributed by atoms with Crippen LogP contribution in [-0.4, -0.2) is 25.3 Å². The van der Waals surface area contributed by atoms with E-state index in [1.165, 1.54) is 0 Å². The molecule has 2 aromatic rings. The molecule has 0 unspecified atom stereocenters. The molecule has 3 rings (SSSR count). The van der Waals surface area contributed by atoms with E-state index >= 15 is 0 Å². The van der Waals surface area contributed by atoms with E-state index in [1.807, 2.05) is 26.8 Å². The predicted molar refractivity (Wildman–Crippen MR) is 103 cm³/mol. The van der Waals surface area contributed by atoms with Crippen LogP contribution in [0.25, 0.3) is 11.3 Å². The lowest BCUT2D eigenvalue weighted by atomic mass is 9.95. The van der Waals surface area contributed by atoms with Crippen molar-refractivity contribution in [1.82, 2.24) is 19.5 Å². The highest BCUT2D eigenvalue weighted by Crippen LogP contribution is 2.28. The fraction of sp³-hybridized carbons (Fsp3) is 0.471. The van der Waals surface area contributed by atoms with Gasteiger partial charge in [-0.15, -0.1) is 0 Å². The third-order valence-corrected chi connectivity index (χ3v) is 5.14.